The fourth-order valence-electron chi connectivity index (χ4n) is 6.39. The first-order valence-electron chi connectivity index (χ1n) is 17.7. The summed E-state index contributed by atoms with van der Waals surface area (Å²) in [4.78, 5) is 54.9. The van der Waals surface area contributed by atoms with Crippen molar-refractivity contribution in [3.05, 3.63) is 72.7 Å². The van der Waals surface area contributed by atoms with Crippen LogP contribution in [0, 0.1) is 0 Å². The highest BCUT2D eigenvalue weighted by Crippen LogP contribution is 2.34. The van der Waals surface area contributed by atoms with Crippen LogP contribution in [-0.2, 0) is 9.47 Å². The first-order chi connectivity index (χ1) is 24.2. The number of carbonyl (C=O) groups excluding carboxylic acids is 2. The van der Waals surface area contributed by atoms with Crippen molar-refractivity contribution in [1.82, 2.24) is 39.7 Å². The maximum atomic E-state index is 13.0. The molecule has 2 unspecified atom stereocenters. The van der Waals surface area contributed by atoms with Gasteiger partial charge in [0.25, 0.3) is 0 Å². The molecule has 0 spiro atoms. The Morgan fingerprint density at radius 2 is 1.53 bits per heavy atom. The van der Waals surface area contributed by atoms with E-state index in [0.29, 0.717) is 25.3 Å². The minimum absolute atomic E-state index is 0.139. The molecule has 6 rings (SSSR count). The van der Waals surface area contributed by atoms with Gasteiger partial charge in [-0.3, -0.25) is 9.80 Å². The zero-order valence-corrected chi connectivity index (χ0v) is 30.8. The molecule has 0 aliphatic carbocycles. The van der Waals surface area contributed by atoms with Crippen molar-refractivity contribution in [3.8, 4) is 33.8 Å². The molecule has 1 aliphatic rings. The fraction of sp³-hybridized carbons (Fsp3) is 0.436. The molecular weight excluding hydrogens is 644 g/mol. The van der Waals surface area contributed by atoms with Gasteiger partial charge in [-0.05, 0) is 91.0 Å². The van der Waals surface area contributed by atoms with Crippen LogP contribution in [-0.4, -0.2) is 76.2 Å². The van der Waals surface area contributed by atoms with E-state index < -0.39 is 11.2 Å². The number of benzene rings is 2. The average molecular weight is 693 g/mol. The van der Waals surface area contributed by atoms with E-state index in [0.717, 1.165) is 63.5 Å². The Balaban J connectivity index is 1.14. The lowest BCUT2D eigenvalue weighted by Gasteiger charge is -2.31. The summed E-state index contributed by atoms with van der Waals surface area (Å²) in [6.07, 6.45) is 7.22. The predicted molar refractivity (Wildman–Crippen MR) is 197 cm³/mol. The highest BCUT2D eigenvalue weighted by molar-refractivity contribution is 5.82. The molecule has 2 aromatic carbocycles. The van der Waals surface area contributed by atoms with Crippen LogP contribution in [0.2, 0.25) is 0 Å². The molecule has 1 aliphatic heterocycles. The number of nitrogens with zero attached hydrogens (tertiary/aromatic N) is 6. The van der Waals surface area contributed by atoms with Gasteiger partial charge in [0.1, 0.15) is 22.9 Å². The summed E-state index contributed by atoms with van der Waals surface area (Å²) in [6.45, 7) is 16.4. The normalized spacial score (nSPS) is 15.6. The first kappa shape index (κ1) is 35.6. The minimum atomic E-state index is -0.581. The molecule has 2 N–H and O–H groups in total. The molecule has 1 fully saturated rings. The quantitative estimate of drug-likeness (QED) is 0.164. The Morgan fingerprint density at radius 1 is 0.863 bits per heavy atom. The standard InChI is InChI=1S/C39H48N8O4/c1-9-31(46(10-2)36(48)50-38(3,4)5)35-43-28-18-17-26(20-29(28)44-35)27-21-40-33(41-22-27)25-15-13-24(14-16-25)30-23-42-34(45-30)32-12-11-19-47(32)37(49)51-39(6,7)8/h13-18,20-23,31-32H,9-12,19H2,1-8H3,(H,42,45)(H,43,44). The lowest BCUT2D eigenvalue weighted by atomic mass is 10.1. The van der Waals surface area contributed by atoms with E-state index in [2.05, 4.69) is 24.9 Å². The van der Waals surface area contributed by atoms with E-state index >= 15 is 0 Å². The summed E-state index contributed by atoms with van der Waals surface area (Å²) in [5.74, 6) is 2.10. The zero-order valence-electron chi connectivity index (χ0n) is 30.8. The van der Waals surface area contributed by atoms with Gasteiger partial charge < -0.3 is 19.4 Å². The lowest BCUT2D eigenvalue weighted by molar-refractivity contribution is 0.0156. The monoisotopic (exact) mass is 692 g/mol. The maximum absolute atomic E-state index is 13.0. The SMILES string of the molecule is CCC(c1nc2ccc(-c3cnc(-c4ccc(-c5cnc(C6CCCN6C(=O)OC(C)(C)C)[nH]5)cc4)nc3)cc2[nH]1)N(CC)C(=O)OC(C)(C)C. The van der Waals surface area contributed by atoms with Crippen molar-refractivity contribution in [2.24, 2.45) is 0 Å². The highest BCUT2D eigenvalue weighted by Gasteiger charge is 2.35. The van der Waals surface area contributed by atoms with Crippen LogP contribution in [0.3, 0.4) is 0 Å². The number of fused-ring (bicyclic) bond motifs is 1. The number of amides is 2. The number of rotatable bonds is 8. The summed E-state index contributed by atoms with van der Waals surface area (Å²) in [5.41, 5.74) is 5.12. The number of nitrogens with one attached hydrogen (secondary N) is 2. The molecule has 3 aromatic heterocycles. The first-order valence-corrected chi connectivity index (χ1v) is 17.7. The van der Waals surface area contributed by atoms with Crippen LogP contribution in [0.1, 0.15) is 98.4 Å². The summed E-state index contributed by atoms with van der Waals surface area (Å²) in [5, 5.41) is 0. The summed E-state index contributed by atoms with van der Waals surface area (Å²) in [6, 6.07) is 13.6. The predicted octanol–water partition coefficient (Wildman–Crippen LogP) is 8.86. The largest absolute Gasteiger partial charge is 0.444 e. The third-order valence-electron chi connectivity index (χ3n) is 8.78. The molecule has 2 amide bonds. The van der Waals surface area contributed by atoms with Gasteiger partial charge in [-0.2, -0.15) is 0 Å². The number of likely N-dealkylation sites (tertiary alicyclic amines) is 1. The third kappa shape index (κ3) is 8.05. The van der Waals surface area contributed by atoms with Crippen molar-refractivity contribution in [1.29, 1.82) is 0 Å². The average Bonchev–Trinajstić information content (AvgIpc) is 3.85. The molecule has 268 valence electrons. The van der Waals surface area contributed by atoms with Crippen molar-refractivity contribution in [2.45, 2.75) is 97.9 Å². The molecule has 51 heavy (non-hydrogen) atoms. The van der Waals surface area contributed by atoms with Gasteiger partial charge in [0.15, 0.2) is 5.82 Å². The molecule has 0 bridgehead atoms. The van der Waals surface area contributed by atoms with Gasteiger partial charge in [-0.25, -0.2) is 29.5 Å². The fourth-order valence-corrected chi connectivity index (χ4v) is 6.39. The Bertz CT molecular complexity index is 1990. The van der Waals surface area contributed by atoms with E-state index in [1.165, 1.54) is 0 Å². The molecule has 0 radical (unpaired) electrons. The van der Waals surface area contributed by atoms with Gasteiger partial charge in [-0.15, -0.1) is 0 Å². The molecule has 1 saturated heterocycles. The molecule has 12 nitrogen and oxygen atoms in total. The van der Waals surface area contributed by atoms with Crippen molar-refractivity contribution < 1.29 is 19.1 Å². The highest BCUT2D eigenvalue weighted by atomic mass is 16.6. The van der Waals surface area contributed by atoms with Crippen LogP contribution >= 0.6 is 0 Å². The van der Waals surface area contributed by atoms with Gasteiger partial charge >= 0.3 is 12.2 Å². The van der Waals surface area contributed by atoms with E-state index in [1.807, 2.05) is 116 Å². The second-order valence-corrected chi connectivity index (χ2v) is 14.9. The second-order valence-electron chi connectivity index (χ2n) is 14.9. The van der Waals surface area contributed by atoms with Crippen LogP contribution in [0.5, 0.6) is 0 Å². The molecular formula is C39H48N8O4. The number of aromatic nitrogens is 6. The Kier molecular flexibility index (Phi) is 9.88. The van der Waals surface area contributed by atoms with Crippen LogP contribution in [0.15, 0.2) is 61.1 Å². The summed E-state index contributed by atoms with van der Waals surface area (Å²) >= 11 is 0. The van der Waals surface area contributed by atoms with Gasteiger partial charge in [0.05, 0.1) is 35.0 Å². The van der Waals surface area contributed by atoms with Crippen molar-refractivity contribution in [3.63, 3.8) is 0 Å². The Morgan fingerprint density at radius 3 is 2.18 bits per heavy atom. The molecule has 12 heteroatoms. The summed E-state index contributed by atoms with van der Waals surface area (Å²) in [7, 11) is 0. The van der Waals surface area contributed by atoms with Crippen LogP contribution in [0.4, 0.5) is 9.59 Å². The Labute approximate surface area is 299 Å². The van der Waals surface area contributed by atoms with Gasteiger partial charge in [0, 0.05) is 36.6 Å². The van der Waals surface area contributed by atoms with E-state index in [-0.39, 0.29) is 24.3 Å². The van der Waals surface area contributed by atoms with Crippen LogP contribution < -0.4 is 0 Å². The van der Waals surface area contributed by atoms with E-state index in [9.17, 15) is 9.59 Å². The molecule has 5 aromatic rings. The molecule has 4 heterocycles. The van der Waals surface area contributed by atoms with Crippen LogP contribution in [0.25, 0.3) is 44.8 Å². The molecule has 0 saturated carbocycles. The second kappa shape index (κ2) is 14.2. The van der Waals surface area contributed by atoms with Gasteiger partial charge in [-0.1, -0.05) is 37.3 Å². The molecule has 2 atom stereocenters. The lowest BCUT2D eigenvalue weighted by Crippen LogP contribution is -2.39. The van der Waals surface area contributed by atoms with Crippen molar-refractivity contribution in [2.75, 3.05) is 13.1 Å². The third-order valence-corrected chi connectivity index (χ3v) is 8.78. The number of carbonyl (C=O) groups is 2. The number of ether oxygens (including phenoxy) is 2. The zero-order chi connectivity index (χ0) is 36.5. The van der Waals surface area contributed by atoms with E-state index in [4.69, 9.17) is 14.5 Å². The topological polar surface area (TPSA) is 142 Å². The Hall–Kier alpha value is -5.26. The van der Waals surface area contributed by atoms with Crippen molar-refractivity contribution >= 4 is 23.2 Å². The van der Waals surface area contributed by atoms with E-state index in [1.54, 1.807) is 9.80 Å². The minimum Gasteiger partial charge on any atom is -0.444 e. The summed E-state index contributed by atoms with van der Waals surface area (Å²) < 4.78 is 11.3. The number of hydrogen-bond acceptors (Lipinski definition) is 8. The number of H-pyrrole nitrogens is 2. The number of aromatic amines is 2. The van der Waals surface area contributed by atoms with Gasteiger partial charge in [0.2, 0.25) is 0 Å². The number of hydrogen-bond donors (Lipinski definition) is 2. The maximum Gasteiger partial charge on any atom is 0.410 e. The number of imidazole rings is 2. The smallest absolute Gasteiger partial charge is 0.410 e.